The Morgan fingerprint density at radius 1 is 1.29 bits per heavy atom. The van der Waals surface area contributed by atoms with Crippen LogP contribution in [0.1, 0.15) is 39.5 Å². The number of rotatable bonds is 9. The van der Waals surface area contributed by atoms with Crippen molar-refractivity contribution in [3.8, 4) is 0 Å². The Hall–Kier alpha value is -0.120. The maximum atomic E-state index is 5.27. The van der Waals surface area contributed by atoms with Crippen LogP contribution < -0.4 is 5.32 Å². The number of nitrogens with one attached hydrogen (secondary N) is 1. The molecule has 1 aliphatic rings. The highest BCUT2D eigenvalue weighted by Gasteiger charge is 2.36. The minimum Gasteiger partial charge on any atom is -0.383 e. The first-order valence-corrected chi connectivity index (χ1v) is 7.17. The van der Waals surface area contributed by atoms with E-state index in [-0.39, 0.29) is 0 Å². The van der Waals surface area contributed by atoms with Gasteiger partial charge in [0.05, 0.1) is 6.61 Å². The van der Waals surface area contributed by atoms with Gasteiger partial charge in [-0.2, -0.15) is 0 Å². The zero-order chi connectivity index (χ0) is 12.7. The SMILES string of the molecule is CCC(CC)N(CCOC)C1CCC1CNC. The summed E-state index contributed by atoms with van der Waals surface area (Å²) in [5, 5.41) is 3.33. The van der Waals surface area contributed by atoms with E-state index in [9.17, 15) is 0 Å². The predicted molar refractivity (Wildman–Crippen MR) is 73.4 cm³/mol. The molecule has 0 bridgehead atoms. The molecular weight excluding hydrogens is 212 g/mol. The Balaban J connectivity index is 2.55. The molecular formula is C14H30N2O. The molecule has 1 N–H and O–H groups in total. The topological polar surface area (TPSA) is 24.5 Å². The largest absolute Gasteiger partial charge is 0.383 e. The average molecular weight is 242 g/mol. The van der Waals surface area contributed by atoms with E-state index in [1.54, 1.807) is 7.11 Å². The van der Waals surface area contributed by atoms with Gasteiger partial charge >= 0.3 is 0 Å². The Morgan fingerprint density at radius 2 is 2.00 bits per heavy atom. The third kappa shape index (κ3) is 3.94. The van der Waals surface area contributed by atoms with E-state index in [1.165, 1.54) is 25.7 Å². The molecule has 3 heteroatoms. The van der Waals surface area contributed by atoms with Crippen molar-refractivity contribution in [3.63, 3.8) is 0 Å². The van der Waals surface area contributed by atoms with Crippen LogP contribution >= 0.6 is 0 Å². The number of hydrogen-bond acceptors (Lipinski definition) is 3. The van der Waals surface area contributed by atoms with Crippen LogP contribution in [0, 0.1) is 5.92 Å². The molecule has 0 saturated heterocycles. The van der Waals surface area contributed by atoms with Crippen LogP contribution in [-0.2, 0) is 4.74 Å². The highest BCUT2D eigenvalue weighted by atomic mass is 16.5. The van der Waals surface area contributed by atoms with Crippen molar-refractivity contribution in [1.82, 2.24) is 10.2 Å². The Labute approximate surface area is 107 Å². The first-order valence-electron chi connectivity index (χ1n) is 7.17. The highest BCUT2D eigenvalue weighted by Crippen LogP contribution is 2.33. The van der Waals surface area contributed by atoms with Gasteiger partial charge < -0.3 is 10.1 Å². The maximum Gasteiger partial charge on any atom is 0.0589 e. The molecule has 2 unspecified atom stereocenters. The van der Waals surface area contributed by atoms with E-state index in [2.05, 4.69) is 31.1 Å². The molecule has 0 aromatic heterocycles. The van der Waals surface area contributed by atoms with E-state index in [0.29, 0.717) is 0 Å². The molecule has 0 radical (unpaired) electrons. The molecule has 0 amide bonds. The Bertz CT molecular complexity index is 195. The van der Waals surface area contributed by atoms with Gasteiger partial charge in [-0.25, -0.2) is 0 Å². The summed E-state index contributed by atoms with van der Waals surface area (Å²) >= 11 is 0. The van der Waals surface area contributed by atoms with Gasteiger partial charge in [0, 0.05) is 25.7 Å². The first-order chi connectivity index (χ1) is 8.28. The van der Waals surface area contributed by atoms with E-state index in [1.807, 2.05) is 0 Å². The molecule has 0 aromatic rings. The van der Waals surface area contributed by atoms with Crippen LogP contribution in [0.3, 0.4) is 0 Å². The van der Waals surface area contributed by atoms with Crippen LogP contribution in [0.2, 0.25) is 0 Å². The molecule has 0 spiro atoms. The van der Waals surface area contributed by atoms with Crippen LogP contribution in [0.25, 0.3) is 0 Å². The molecule has 102 valence electrons. The average Bonchev–Trinajstić information content (AvgIpc) is 2.32. The number of hydrogen-bond donors (Lipinski definition) is 1. The van der Waals surface area contributed by atoms with Gasteiger partial charge in [-0.1, -0.05) is 13.8 Å². The van der Waals surface area contributed by atoms with E-state index in [4.69, 9.17) is 4.74 Å². The molecule has 3 nitrogen and oxygen atoms in total. The Morgan fingerprint density at radius 3 is 2.41 bits per heavy atom. The standard InChI is InChI=1S/C14H30N2O/c1-5-13(6-2)16(9-10-17-4)14-8-7-12(14)11-15-3/h12-15H,5-11H2,1-4H3. The molecule has 0 heterocycles. The van der Waals surface area contributed by atoms with Crippen LogP contribution in [0.15, 0.2) is 0 Å². The van der Waals surface area contributed by atoms with E-state index >= 15 is 0 Å². The van der Waals surface area contributed by atoms with Crippen LogP contribution in [0.4, 0.5) is 0 Å². The van der Waals surface area contributed by atoms with Crippen molar-refractivity contribution in [3.05, 3.63) is 0 Å². The summed E-state index contributed by atoms with van der Waals surface area (Å²) in [6.07, 6.45) is 5.26. The van der Waals surface area contributed by atoms with Gasteiger partial charge in [0.15, 0.2) is 0 Å². The zero-order valence-electron chi connectivity index (χ0n) is 12.0. The van der Waals surface area contributed by atoms with E-state index < -0.39 is 0 Å². The quantitative estimate of drug-likeness (QED) is 0.670. The number of ether oxygens (including phenoxy) is 1. The zero-order valence-corrected chi connectivity index (χ0v) is 12.0. The lowest BCUT2D eigenvalue weighted by Gasteiger charge is -2.47. The summed E-state index contributed by atoms with van der Waals surface area (Å²) < 4.78 is 5.27. The molecule has 0 aliphatic heterocycles. The fraction of sp³-hybridized carbons (Fsp3) is 1.00. The van der Waals surface area contributed by atoms with Gasteiger partial charge in [-0.15, -0.1) is 0 Å². The summed E-state index contributed by atoms with van der Waals surface area (Å²) in [7, 11) is 3.86. The second-order valence-electron chi connectivity index (χ2n) is 5.16. The summed E-state index contributed by atoms with van der Waals surface area (Å²) in [6, 6.07) is 1.51. The molecule has 2 atom stereocenters. The fourth-order valence-electron chi connectivity index (χ4n) is 3.06. The minimum absolute atomic E-state index is 0.731. The Kier molecular flexibility index (Phi) is 7.09. The maximum absolute atomic E-state index is 5.27. The third-order valence-corrected chi connectivity index (χ3v) is 4.23. The molecule has 0 aromatic carbocycles. The second kappa shape index (κ2) is 8.06. The summed E-state index contributed by atoms with van der Waals surface area (Å²) in [6.45, 7) is 7.72. The van der Waals surface area contributed by atoms with Gasteiger partial charge in [0.25, 0.3) is 0 Å². The molecule has 1 rings (SSSR count). The lowest BCUT2D eigenvalue weighted by atomic mass is 9.77. The molecule has 17 heavy (non-hydrogen) atoms. The lowest BCUT2D eigenvalue weighted by Crippen LogP contribution is -2.54. The van der Waals surface area contributed by atoms with Crippen molar-refractivity contribution in [2.75, 3.05) is 33.9 Å². The van der Waals surface area contributed by atoms with Gasteiger partial charge in [-0.05, 0) is 45.2 Å². The fourth-order valence-corrected chi connectivity index (χ4v) is 3.06. The minimum atomic E-state index is 0.731. The first kappa shape index (κ1) is 14.9. The van der Waals surface area contributed by atoms with Gasteiger partial charge in [0.2, 0.25) is 0 Å². The molecule has 1 aliphatic carbocycles. The van der Waals surface area contributed by atoms with Crippen molar-refractivity contribution < 1.29 is 4.74 Å². The van der Waals surface area contributed by atoms with Crippen LogP contribution in [-0.4, -0.2) is 50.8 Å². The molecule has 1 fully saturated rings. The monoisotopic (exact) mass is 242 g/mol. The van der Waals surface area contributed by atoms with Crippen molar-refractivity contribution in [2.24, 2.45) is 5.92 Å². The van der Waals surface area contributed by atoms with E-state index in [0.717, 1.165) is 37.7 Å². The summed E-state index contributed by atoms with van der Waals surface area (Å²) in [5.74, 6) is 0.845. The van der Waals surface area contributed by atoms with Crippen molar-refractivity contribution in [1.29, 1.82) is 0 Å². The van der Waals surface area contributed by atoms with Crippen molar-refractivity contribution >= 4 is 0 Å². The predicted octanol–water partition coefficient (Wildman–Crippen LogP) is 2.12. The second-order valence-corrected chi connectivity index (χ2v) is 5.16. The van der Waals surface area contributed by atoms with Gasteiger partial charge in [0.1, 0.15) is 0 Å². The smallest absolute Gasteiger partial charge is 0.0589 e. The summed E-state index contributed by atoms with van der Waals surface area (Å²) in [4.78, 5) is 2.70. The number of nitrogens with zero attached hydrogens (tertiary/aromatic N) is 1. The van der Waals surface area contributed by atoms with Crippen LogP contribution in [0.5, 0.6) is 0 Å². The van der Waals surface area contributed by atoms with Gasteiger partial charge in [-0.3, -0.25) is 4.90 Å². The van der Waals surface area contributed by atoms with Crippen molar-refractivity contribution in [2.45, 2.75) is 51.6 Å². The number of methoxy groups -OCH3 is 1. The third-order valence-electron chi connectivity index (χ3n) is 4.23. The lowest BCUT2D eigenvalue weighted by molar-refractivity contribution is 0.00717. The normalized spacial score (nSPS) is 24.4. The highest BCUT2D eigenvalue weighted by molar-refractivity contribution is 4.92. The summed E-state index contributed by atoms with van der Waals surface area (Å²) in [5.41, 5.74) is 0. The molecule has 1 saturated carbocycles.